The molecule has 5 heteroatoms. The number of aromatic nitrogens is 1. The molecule has 1 aromatic heterocycles. The first-order valence-corrected chi connectivity index (χ1v) is 6.23. The standard InChI is InChI=1S/C13H19FN2O2/c1-16(9-13(18)5-2-3-6-13)12-11(14)10(8-17)4-7-15-12/h4,7,17-18H,2-3,5-6,8-9H2,1H3. The Kier molecular flexibility index (Phi) is 3.82. The SMILES string of the molecule is CN(CC1(O)CCCC1)c1nccc(CO)c1F. The highest BCUT2D eigenvalue weighted by molar-refractivity contribution is 5.42. The van der Waals surface area contributed by atoms with Gasteiger partial charge in [-0.15, -0.1) is 0 Å². The van der Waals surface area contributed by atoms with Crippen molar-refractivity contribution in [2.45, 2.75) is 37.9 Å². The first-order chi connectivity index (χ1) is 8.56. The number of hydrogen-bond donors (Lipinski definition) is 2. The van der Waals surface area contributed by atoms with E-state index >= 15 is 0 Å². The molecule has 0 spiro atoms. The van der Waals surface area contributed by atoms with Crippen LogP contribution in [-0.4, -0.2) is 34.4 Å². The second-order valence-corrected chi connectivity index (χ2v) is 5.05. The fourth-order valence-electron chi connectivity index (χ4n) is 2.57. The van der Waals surface area contributed by atoms with Crippen molar-refractivity contribution in [3.63, 3.8) is 0 Å². The molecule has 0 atom stereocenters. The van der Waals surface area contributed by atoms with Crippen molar-refractivity contribution in [1.82, 2.24) is 4.98 Å². The van der Waals surface area contributed by atoms with Crippen LogP contribution in [0.3, 0.4) is 0 Å². The van der Waals surface area contributed by atoms with Crippen molar-refractivity contribution >= 4 is 5.82 Å². The van der Waals surface area contributed by atoms with E-state index in [9.17, 15) is 9.50 Å². The number of aliphatic hydroxyl groups excluding tert-OH is 1. The largest absolute Gasteiger partial charge is 0.392 e. The van der Waals surface area contributed by atoms with Crippen LogP contribution in [0.1, 0.15) is 31.2 Å². The van der Waals surface area contributed by atoms with Crippen LogP contribution in [0.25, 0.3) is 0 Å². The summed E-state index contributed by atoms with van der Waals surface area (Å²) < 4.78 is 14.0. The van der Waals surface area contributed by atoms with Crippen LogP contribution in [0.15, 0.2) is 12.3 Å². The molecule has 1 fully saturated rings. The third kappa shape index (κ3) is 2.62. The average Bonchev–Trinajstić information content (AvgIpc) is 2.76. The molecule has 1 aliphatic carbocycles. The normalized spacial score (nSPS) is 18.0. The molecule has 0 bridgehead atoms. The van der Waals surface area contributed by atoms with Gasteiger partial charge in [0.2, 0.25) is 0 Å². The lowest BCUT2D eigenvalue weighted by Gasteiger charge is -2.29. The zero-order chi connectivity index (χ0) is 13.2. The topological polar surface area (TPSA) is 56.6 Å². The van der Waals surface area contributed by atoms with Crippen LogP contribution in [0.5, 0.6) is 0 Å². The Morgan fingerprint density at radius 2 is 2.11 bits per heavy atom. The minimum atomic E-state index is -0.738. The lowest BCUT2D eigenvalue weighted by atomic mass is 10.0. The summed E-state index contributed by atoms with van der Waals surface area (Å²) in [4.78, 5) is 5.61. The Morgan fingerprint density at radius 1 is 1.44 bits per heavy atom. The van der Waals surface area contributed by atoms with Crippen LogP contribution >= 0.6 is 0 Å². The summed E-state index contributed by atoms with van der Waals surface area (Å²) in [6.45, 7) is 0.0191. The first-order valence-electron chi connectivity index (χ1n) is 6.23. The van der Waals surface area contributed by atoms with E-state index in [2.05, 4.69) is 4.98 Å². The summed E-state index contributed by atoms with van der Waals surface area (Å²) in [6.07, 6.45) is 4.99. The minimum Gasteiger partial charge on any atom is -0.392 e. The Balaban J connectivity index is 2.15. The molecule has 0 unspecified atom stereocenters. The summed E-state index contributed by atoms with van der Waals surface area (Å²) in [5, 5.41) is 19.3. The van der Waals surface area contributed by atoms with E-state index in [1.165, 1.54) is 12.3 Å². The van der Waals surface area contributed by atoms with Crippen molar-refractivity contribution in [2.75, 3.05) is 18.5 Å². The van der Waals surface area contributed by atoms with Gasteiger partial charge in [-0.1, -0.05) is 12.8 Å². The molecule has 1 aliphatic rings. The Bertz CT molecular complexity index is 419. The zero-order valence-electron chi connectivity index (χ0n) is 10.6. The van der Waals surface area contributed by atoms with E-state index in [4.69, 9.17) is 5.11 Å². The van der Waals surface area contributed by atoms with Crippen LogP contribution in [-0.2, 0) is 6.61 Å². The molecule has 0 aliphatic heterocycles. The summed E-state index contributed by atoms with van der Waals surface area (Å²) in [7, 11) is 1.71. The van der Waals surface area contributed by atoms with Gasteiger partial charge in [0.15, 0.2) is 11.6 Å². The molecule has 18 heavy (non-hydrogen) atoms. The van der Waals surface area contributed by atoms with Crippen LogP contribution in [0.4, 0.5) is 10.2 Å². The highest BCUT2D eigenvalue weighted by Crippen LogP contribution is 2.31. The molecular weight excluding hydrogens is 235 g/mol. The van der Waals surface area contributed by atoms with E-state index in [0.29, 0.717) is 6.54 Å². The summed E-state index contributed by atoms with van der Waals surface area (Å²) in [5.41, 5.74) is -0.511. The van der Waals surface area contributed by atoms with Crippen LogP contribution < -0.4 is 4.90 Å². The van der Waals surface area contributed by atoms with Gasteiger partial charge in [-0.25, -0.2) is 9.37 Å². The molecule has 0 amide bonds. The smallest absolute Gasteiger partial charge is 0.171 e. The van der Waals surface area contributed by atoms with Crippen molar-refractivity contribution in [1.29, 1.82) is 0 Å². The maximum Gasteiger partial charge on any atom is 0.171 e. The maximum atomic E-state index is 14.0. The maximum absolute atomic E-state index is 14.0. The number of halogens is 1. The van der Waals surface area contributed by atoms with Gasteiger partial charge in [0.05, 0.1) is 12.2 Å². The second-order valence-electron chi connectivity index (χ2n) is 5.05. The summed E-state index contributed by atoms with van der Waals surface area (Å²) in [5.74, 6) is -0.328. The minimum absolute atomic E-state index is 0.182. The predicted octanol–water partition coefficient (Wildman–Crippen LogP) is 1.45. The second kappa shape index (κ2) is 5.20. The van der Waals surface area contributed by atoms with Crippen LogP contribution in [0, 0.1) is 5.82 Å². The molecule has 1 heterocycles. The van der Waals surface area contributed by atoms with Gasteiger partial charge in [0.1, 0.15) is 0 Å². The number of nitrogens with zero attached hydrogens (tertiary/aromatic N) is 2. The van der Waals surface area contributed by atoms with Gasteiger partial charge in [0.25, 0.3) is 0 Å². The molecule has 1 saturated carbocycles. The molecule has 0 aromatic carbocycles. The Morgan fingerprint density at radius 3 is 2.72 bits per heavy atom. The van der Waals surface area contributed by atoms with E-state index in [1.54, 1.807) is 11.9 Å². The highest BCUT2D eigenvalue weighted by Gasteiger charge is 2.33. The number of hydrogen-bond acceptors (Lipinski definition) is 4. The van der Waals surface area contributed by atoms with Gasteiger partial charge >= 0.3 is 0 Å². The zero-order valence-corrected chi connectivity index (χ0v) is 10.6. The van der Waals surface area contributed by atoms with Gasteiger partial charge < -0.3 is 15.1 Å². The number of aliphatic hydroxyl groups is 2. The van der Waals surface area contributed by atoms with Crippen LogP contribution in [0.2, 0.25) is 0 Å². The Labute approximate surface area is 106 Å². The monoisotopic (exact) mass is 254 g/mol. The molecule has 4 nitrogen and oxygen atoms in total. The molecule has 100 valence electrons. The van der Waals surface area contributed by atoms with E-state index in [1.807, 2.05) is 0 Å². The predicted molar refractivity (Wildman–Crippen MR) is 66.8 cm³/mol. The van der Waals surface area contributed by atoms with Crippen molar-refractivity contribution in [2.24, 2.45) is 0 Å². The Hall–Kier alpha value is -1.20. The third-order valence-corrected chi connectivity index (χ3v) is 3.55. The first kappa shape index (κ1) is 13.2. The lowest BCUT2D eigenvalue weighted by Crippen LogP contribution is -2.40. The lowest BCUT2D eigenvalue weighted by molar-refractivity contribution is 0.0556. The molecule has 0 saturated heterocycles. The van der Waals surface area contributed by atoms with Crippen molar-refractivity contribution in [3.8, 4) is 0 Å². The molecular formula is C13H19FN2O2. The number of pyridine rings is 1. The molecule has 0 radical (unpaired) electrons. The van der Waals surface area contributed by atoms with Gasteiger partial charge in [-0.2, -0.15) is 0 Å². The number of anilines is 1. The van der Waals surface area contributed by atoms with E-state index in [0.717, 1.165) is 25.7 Å². The van der Waals surface area contributed by atoms with Gasteiger partial charge in [0, 0.05) is 25.4 Å². The van der Waals surface area contributed by atoms with Gasteiger partial charge in [-0.3, -0.25) is 0 Å². The van der Waals surface area contributed by atoms with Crippen molar-refractivity contribution in [3.05, 3.63) is 23.6 Å². The summed E-state index contributed by atoms with van der Waals surface area (Å²) >= 11 is 0. The highest BCUT2D eigenvalue weighted by atomic mass is 19.1. The molecule has 2 N–H and O–H groups in total. The molecule has 2 rings (SSSR count). The van der Waals surface area contributed by atoms with E-state index in [-0.39, 0.29) is 18.0 Å². The average molecular weight is 254 g/mol. The van der Waals surface area contributed by atoms with E-state index < -0.39 is 11.4 Å². The van der Waals surface area contributed by atoms with Gasteiger partial charge in [-0.05, 0) is 18.9 Å². The molecule has 1 aromatic rings. The number of likely N-dealkylation sites (N-methyl/N-ethyl adjacent to an activating group) is 1. The summed E-state index contributed by atoms with van der Waals surface area (Å²) in [6, 6.07) is 1.46. The fraction of sp³-hybridized carbons (Fsp3) is 0.615. The number of rotatable bonds is 4. The van der Waals surface area contributed by atoms with Crippen molar-refractivity contribution < 1.29 is 14.6 Å². The third-order valence-electron chi connectivity index (χ3n) is 3.55. The quantitative estimate of drug-likeness (QED) is 0.854. The fourth-order valence-corrected chi connectivity index (χ4v) is 2.57.